The number of hydrogen-bond acceptors (Lipinski definition) is 5. The first-order valence-corrected chi connectivity index (χ1v) is 11.0. The van der Waals surface area contributed by atoms with Crippen LogP contribution in [0.25, 0.3) is 0 Å². The van der Waals surface area contributed by atoms with Gasteiger partial charge in [-0.05, 0) is 59.5 Å². The van der Waals surface area contributed by atoms with Crippen LogP contribution in [0.3, 0.4) is 0 Å². The first kappa shape index (κ1) is 23.6. The van der Waals surface area contributed by atoms with Gasteiger partial charge in [-0.15, -0.1) is 0 Å². The van der Waals surface area contributed by atoms with Crippen LogP contribution in [0.15, 0.2) is 72.8 Å². The van der Waals surface area contributed by atoms with E-state index in [1.165, 1.54) is 28.1 Å². The third-order valence-electron chi connectivity index (χ3n) is 5.57. The Balaban J connectivity index is 1.86. The highest BCUT2D eigenvalue weighted by Crippen LogP contribution is 2.34. The fourth-order valence-corrected chi connectivity index (χ4v) is 3.72. The zero-order valence-electron chi connectivity index (χ0n) is 19.4. The summed E-state index contributed by atoms with van der Waals surface area (Å²) in [5.74, 6) is 0.895. The van der Waals surface area contributed by atoms with Crippen molar-refractivity contribution in [2.75, 3.05) is 44.6 Å². The number of benzene rings is 3. The summed E-state index contributed by atoms with van der Waals surface area (Å²) in [6.45, 7) is 0.457. The second kappa shape index (κ2) is 11.0. The molecule has 5 heteroatoms. The van der Waals surface area contributed by atoms with Crippen LogP contribution in [0.4, 0.5) is 11.4 Å². The van der Waals surface area contributed by atoms with Crippen molar-refractivity contribution in [2.45, 2.75) is 25.0 Å². The minimum absolute atomic E-state index is 0.112. The maximum Gasteiger partial charge on any atom is 0.151 e. The zero-order chi connectivity index (χ0) is 23.1. The van der Waals surface area contributed by atoms with E-state index in [9.17, 15) is 0 Å². The lowest BCUT2D eigenvalue weighted by Crippen LogP contribution is -2.10. The second-order valence-electron chi connectivity index (χ2n) is 8.45. The summed E-state index contributed by atoms with van der Waals surface area (Å²) in [7, 11) is 8.19. The molecular formula is C27H34N2O3. The molecule has 5 nitrogen and oxygen atoms in total. The molecule has 0 fully saturated rings. The Labute approximate surface area is 191 Å². The molecular weight excluding hydrogens is 400 g/mol. The van der Waals surface area contributed by atoms with Gasteiger partial charge in [-0.3, -0.25) is 0 Å². The SMILES string of the molecule is CN(C)c1ccc(C(c2ccc(OCCCC(O)O)cc2)c2ccc(N(C)C)cc2)cc1. The molecule has 0 saturated heterocycles. The molecule has 0 heterocycles. The van der Waals surface area contributed by atoms with Crippen molar-refractivity contribution in [1.82, 2.24) is 0 Å². The molecule has 0 aliphatic heterocycles. The van der Waals surface area contributed by atoms with Crippen LogP contribution >= 0.6 is 0 Å². The average Bonchev–Trinajstić information content (AvgIpc) is 2.78. The van der Waals surface area contributed by atoms with Gasteiger partial charge in [0.25, 0.3) is 0 Å². The van der Waals surface area contributed by atoms with E-state index in [2.05, 4.69) is 70.5 Å². The highest BCUT2D eigenvalue weighted by molar-refractivity contribution is 5.53. The normalized spacial score (nSPS) is 11.1. The third kappa shape index (κ3) is 6.25. The first-order chi connectivity index (χ1) is 15.3. The minimum atomic E-state index is -1.28. The van der Waals surface area contributed by atoms with Crippen molar-refractivity contribution in [3.63, 3.8) is 0 Å². The minimum Gasteiger partial charge on any atom is -0.494 e. The Hall–Kier alpha value is -3.02. The molecule has 0 amide bonds. The fraction of sp³-hybridized carbons (Fsp3) is 0.333. The van der Waals surface area contributed by atoms with Crippen LogP contribution < -0.4 is 14.5 Å². The average molecular weight is 435 g/mol. The van der Waals surface area contributed by atoms with Crippen LogP contribution in [-0.4, -0.2) is 51.3 Å². The smallest absolute Gasteiger partial charge is 0.151 e. The van der Waals surface area contributed by atoms with E-state index in [4.69, 9.17) is 14.9 Å². The molecule has 32 heavy (non-hydrogen) atoms. The molecule has 0 saturated carbocycles. The molecule has 0 bridgehead atoms. The van der Waals surface area contributed by atoms with Gasteiger partial charge in [0, 0.05) is 51.9 Å². The molecule has 3 aromatic rings. The maximum absolute atomic E-state index is 8.95. The van der Waals surface area contributed by atoms with Gasteiger partial charge in [0.1, 0.15) is 5.75 Å². The zero-order valence-corrected chi connectivity index (χ0v) is 19.4. The van der Waals surface area contributed by atoms with Gasteiger partial charge < -0.3 is 24.7 Å². The van der Waals surface area contributed by atoms with Crippen molar-refractivity contribution in [3.05, 3.63) is 89.5 Å². The number of rotatable bonds is 10. The molecule has 0 aromatic heterocycles. The van der Waals surface area contributed by atoms with Gasteiger partial charge >= 0.3 is 0 Å². The summed E-state index contributed by atoms with van der Waals surface area (Å²) in [4.78, 5) is 4.21. The summed E-state index contributed by atoms with van der Waals surface area (Å²) >= 11 is 0. The van der Waals surface area contributed by atoms with Gasteiger partial charge in [-0.1, -0.05) is 36.4 Å². The standard InChI is InChI=1S/C27H34N2O3/c1-28(2)23-13-7-20(8-14-23)27(21-9-15-24(16-10-21)29(3)4)22-11-17-25(18-12-22)32-19-5-6-26(30)31/h7-18,26-27,30-31H,5-6,19H2,1-4H3. The molecule has 0 aliphatic rings. The Kier molecular flexibility index (Phi) is 8.14. The van der Waals surface area contributed by atoms with E-state index in [0.29, 0.717) is 19.4 Å². The van der Waals surface area contributed by atoms with Gasteiger partial charge in [0.15, 0.2) is 6.29 Å². The number of anilines is 2. The summed E-state index contributed by atoms with van der Waals surface area (Å²) in [6, 6.07) is 25.6. The summed E-state index contributed by atoms with van der Waals surface area (Å²) in [5, 5.41) is 17.9. The van der Waals surface area contributed by atoms with E-state index in [1.54, 1.807) is 0 Å². The topological polar surface area (TPSA) is 56.2 Å². The molecule has 0 radical (unpaired) electrons. The predicted octanol–water partition coefficient (Wildman–Crippen LogP) is 4.47. The molecule has 2 N–H and O–H groups in total. The summed E-state index contributed by atoms with van der Waals surface area (Å²) < 4.78 is 5.75. The third-order valence-corrected chi connectivity index (χ3v) is 5.57. The van der Waals surface area contributed by atoms with Crippen LogP contribution in [-0.2, 0) is 0 Å². The first-order valence-electron chi connectivity index (χ1n) is 11.0. The largest absolute Gasteiger partial charge is 0.494 e. The van der Waals surface area contributed by atoms with Crippen LogP contribution in [0, 0.1) is 0 Å². The van der Waals surface area contributed by atoms with Gasteiger partial charge in [-0.2, -0.15) is 0 Å². The lowest BCUT2D eigenvalue weighted by Gasteiger charge is -2.22. The number of aliphatic hydroxyl groups is 2. The molecule has 0 aliphatic carbocycles. The number of ether oxygens (including phenoxy) is 1. The molecule has 0 unspecified atom stereocenters. The molecule has 0 atom stereocenters. The highest BCUT2D eigenvalue weighted by Gasteiger charge is 2.17. The van der Waals surface area contributed by atoms with E-state index < -0.39 is 6.29 Å². The van der Waals surface area contributed by atoms with Gasteiger partial charge in [0.2, 0.25) is 0 Å². The maximum atomic E-state index is 8.95. The van der Waals surface area contributed by atoms with E-state index in [-0.39, 0.29) is 5.92 Å². The number of aliphatic hydroxyl groups excluding tert-OH is 1. The van der Waals surface area contributed by atoms with Crippen LogP contribution in [0.5, 0.6) is 5.75 Å². The molecule has 3 rings (SSSR count). The van der Waals surface area contributed by atoms with Crippen LogP contribution in [0.2, 0.25) is 0 Å². The van der Waals surface area contributed by atoms with E-state index in [1.807, 2.05) is 40.3 Å². The fourth-order valence-electron chi connectivity index (χ4n) is 3.72. The van der Waals surface area contributed by atoms with Gasteiger partial charge in [0.05, 0.1) is 6.61 Å². The molecule has 3 aromatic carbocycles. The Morgan fingerprint density at radius 1 is 0.656 bits per heavy atom. The molecule has 170 valence electrons. The lowest BCUT2D eigenvalue weighted by molar-refractivity contribution is -0.0479. The number of hydrogen-bond donors (Lipinski definition) is 2. The van der Waals surface area contributed by atoms with Crippen molar-refractivity contribution in [3.8, 4) is 5.75 Å². The Bertz CT molecular complexity index is 898. The van der Waals surface area contributed by atoms with Crippen molar-refractivity contribution in [2.24, 2.45) is 0 Å². The second-order valence-corrected chi connectivity index (χ2v) is 8.45. The van der Waals surface area contributed by atoms with E-state index >= 15 is 0 Å². The molecule has 0 spiro atoms. The van der Waals surface area contributed by atoms with Crippen molar-refractivity contribution >= 4 is 11.4 Å². The van der Waals surface area contributed by atoms with Crippen molar-refractivity contribution < 1.29 is 14.9 Å². The summed E-state index contributed by atoms with van der Waals surface area (Å²) in [6.07, 6.45) is -0.371. The Morgan fingerprint density at radius 2 is 1.06 bits per heavy atom. The van der Waals surface area contributed by atoms with Crippen LogP contribution in [0.1, 0.15) is 35.4 Å². The van der Waals surface area contributed by atoms with E-state index in [0.717, 1.165) is 5.75 Å². The van der Waals surface area contributed by atoms with Crippen molar-refractivity contribution in [1.29, 1.82) is 0 Å². The highest BCUT2D eigenvalue weighted by atomic mass is 16.5. The monoisotopic (exact) mass is 434 g/mol. The Morgan fingerprint density at radius 3 is 1.44 bits per heavy atom. The lowest BCUT2D eigenvalue weighted by atomic mass is 9.85. The predicted molar refractivity (Wildman–Crippen MR) is 132 cm³/mol. The van der Waals surface area contributed by atoms with Gasteiger partial charge in [-0.25, -0.2) is 0 Å². The quantitative estimate of drug-likeness (QED) is 0.280. The summed E-state index contributed by atoms with van der Waals surface area (Å²) in [5.41, 5.74) is 6.01. The number of nitrogens with zero attached hydrogens (tertiary/aromatic N) is 2.